The summed E-state index contributed by atoms with van der Waals surface area (Å²) < 4.78 is 47.2. The van der Waals surface area contributed by atoms with Crippen molar-refractivity contribution in [3.05, 3.63) is 29.6 Å². The summed E-state index contributed by atoms with van der Waals surface area (Å²) in [5.41, 5.74) is 5.65. The molecular weight excluding hydrogens is 355 g/mol. The van der Waals surface area contributed by atoms with E-state index in [0.29, 0.717) is 24.5 Å². The van der Waals surface area contributed by atoms with Crippen LogP contribution in [0.15, 0.2) is 18.2 Å². The minimum absolute atomic E-state index is 0.0265. The molecule has 5 nitrogen and oxygen atoms in total. The number of hydrogen-bond donors (Lipinski definition) is 2. The number of unbranched alkanes of at least 4 members (excludes halogenated alkanes) is 2. The fourth-order valence-corrected chi connectivity index (χ4v) is 4.28. The topological polar surface area (TPSA) is 81.4 Å². The van der Waals surface area contributed by atoms with Crippen LogP contribution in [-0.2, 0) is 15.7 Å². The summed E-state index contributed by atoms with van der Waals surface area (Å²) >= 11 is 0. The van der Waals surface area contributed by atoms with Crippen LogP contribution >= 0.6 is 0 Å². The molecule has 1 fully saturated rings. The highest BCUT2D eigenvalue weighted by atomic mass is 32.2. The average Bonchev–Trinajstić information content (AvgIpc) is 3.37. The van der Waals surface area contributed by atoms with E-state index in [1.54, 1.807) is 0 Å². The van der Waals surface area contributed by atoms with E-state index >= 15 is 0 Å². The standard InChI is InChI=1S/C19H31FN2O3S/c1-4-5-6-11-26(23,24)22-19(21,14(2)3)16-9-10-17(20)18(12-16)25-13-15-7-8-15/h9-10,12,14-15,22H,4-8,11,13,21H2,1-3H3. The van der Waals surface area contributed by atoms with Crippen molar-refractivity contribution in [2.75, 3.05) is 12.4 Å². The van der Waals surface area contributed by atoms with Crippen LogP contribution in [0.3, 0.4) is 0 Å². The fourth-order valence-electron chi connectivity index (χ4n) is 2.72. The zero-order valence-electron chi connectivity index (χ0n) is 15.9. The Kier molecular flexibility index (Phi) is 7.05. The number of halogens is 1. The first-order valence-corrected chi connectivity index (χ1v) is 11.1. The van der Waals surface area contributed by atoms with Crippen molar-refractivity contribution in [1.29, 1.82) is 0 Å². The van der Waals surface area contributed by atoms with Gasteiger partial charge in [-0.1, -0.05) is 39.7 Å². The highest BCUT2D eigenvalue weighted by molar-refractivity contribution is 7.89. The number of sulfonamides is 1. The van der Waals surface area contributed by atoms with Gasteiger partial charge in [-0.3, -0.25) is 0 Å². The normalized spacial score (nSPS) is 17.3. The second kappa shape index (κ2) is 8.67. The van der Waals surface area contributed by atoms with Crippen molar-refractivity contribution in [2.45, 2.75) is 58.5 Å². The summed E-state index contributed by atoms with van der Waals surface area (Å²) in [4.78, 5) is 0. The van der Waals surface area contributed by atoms with Gasteiger partial charge in [0.25, 0.3) is 0 Å². The summed E-state index contributed by atoms with van der Waals surface area (Å²) in [6.45, 7) is 6.16. The second-order valence-corrected chi connectivity index (χ2v) is 9.39. The largest absolute Gasteiger partial charge is 0.490 e. The lowest BCUT2D eigenvalue weighted by Crippen LogP contribution is -2.57. The van der Waals surface area contributed by atoms with E-state index < -0.39 is 21.5 Å². The molecule has 0 heterocycles. The minimum Gasteiger partial charge on any atom is -0.490 e. The first-order chi connectivity index (χ1) is 12.2. The molecule has 1 aliphatic carbocycles. The third-order valence-corrected chi connectivity index (χ3v) is 6.31. The lowest BCUT2D eigenvalue weighted by molar-refractivity contribution is 0.274. The molecule has 1 atom stereocenters. The molecule has 3 N–H and O–H groups in total. The van der Waals surface area contributed by atoms with E-state index in [1.165, 1.54) is 18.2 Å². The third-order valence-electron chi connectivity index (χ3n) is 4.83. The molecule has 1 aromatic carbocycles. The van der Waals surface area contributed by atoms with Crippen LogP contribution in [-0.4, -0.2) is 20.8 Å². The van der Waals surface area contributed by atoms with Gasteiger partial charge in [0.05, 0.1) is 12.4 Å². The van der Waals surface area contributed by atoms with Gasteiger partial charge in [0, 0.05) is 0 Å². The Morgan fingerprint density at radius 3 is 2.62 bits per heavy atom. The van der Waals surface area contributed by atoms with Crippen LogP contribution in [0.4, 0.5) is 4.39 Å². The smallest absolute Gasteiger partial charge is 0.213 e. The molecule has 2 rings (SSSR count). The van der Waals surface area contributed by atoms with Gasteiger partial charge in [-0.15, -0.1) is 0 Å². The number of nitrogens with two attached hydrogens (primary N) is 1. The van der Waals surface area contributed by atoms with Gasteiger partial charge in [0.2, 0.25) is 10.0 Å². The van der Waals surface area contributed by atoms with E-state index in [4.69, 9.17) is 10.5 Å². The summed E-state index contributed by atoms with van der Waals surface area (Å²) in [6.07, 6.45) is 4.57. The predicted molar refractivity (Wildman–Crippen MR) is 102 cm³/mol. The van der Waals surface area contributed by atoms with E-state index in [9.17, 15) is 12.8 Å². The summed E-state index contributed by atoms with van der Waals surface area (Å²) in [5.74, 6) is -0.0620. The van der Waals surface area contributed by atoms with Crippen molar-refractivity contribution >= 4 is 10.0 Å². The number of rotatable bonds is 11. The maximum Gasteiger partial charge on any atom is 0.213 e. The van der Waals surface area contributed by atoms with Crippen LogP contribution in [0.5, 0.6) is 5.75 Å². The number of benzene rings is 1. The predicted octanol–water partition coefficient (Wildman–Crippen LogP) is 3.49. The van der Waals surface area contributed by atoms with Gasteiger partial charge < -0.3 is 10.5 Å². The molecule has 1 saturated carbocycles. The Hall–Kier alpha value is -1.18. The van der Waals surface area contributed by atoms with Crippen molar-refractivity contribution in [3.8, 4) is 5.75 Å². The zero-order valence-corrected chi connectivity index (χ0v) is 16.7. The Morgan fingerprint density at radius 2 is 2.04 bits per heavy atom. The molecule has 0 radical (unpaired) electrons. The van der Waals surface area contributed by atoms with Gasteiger partial charge >= 0.3 is 0 Å². The molecule has 0 bridgehead atoms. The third kappa shape index (κ3) is 5.66. The molecule has 26 heavy (non-hydrogen) atoms. The molecule has 0 amide bonds. The second-order valence-electron chi connectivity index (χ2n) is 7.55. The highest BCUT2D eigenvalue weighted by Gasteiger charge is 2.36. The van der Waals surface area contributed by atoms with E-state index in [2.05, 4.69) is 4.72 Å². The molecule has 0 spiro atoms. The zero-order chi connectivity index (χ0) is 19.4. The first kappa shape index (κ1) is 21.1. The minimum atomic E-state index is -3.55. The molecular formula is C19H31FN2O3S. The van der Waals surface area contributed by atoms with Crippen molar-refractivity contribution in [1.82, 2.24) is 4.72 Å². The van der Waals surface area contributed by atoms with Crippen LogP contribution in [0.25, 0.3) is 0 Å². The first-order valence-electron chi connectivity index (χ1n) is 9.41. The molecule has 0 aliphatic heterocycles. The van der Waals surface area contributed by atoms with Gasteiger partial charge in [-0.2, -0.15) is 4.72 Å². The SMILES string of the molecule is CCCCCS(=O)(=O)NC(N)(c1ccc(F)c(OCC2CC2)c1)C(C)C. The lowest BCUT2D eigenvalue weighted by atomic mass is 9.90. The van der Waals surface area contributed by atoms with Crippen molar-refractivity contribution < 1.29 is 17.5 Å². The maximum atomic E-state index is 14.1. The summed E-state index contributed by atoms with van der Waals surface area (Å²) in [7, 11) is -3.55. The maximum absolute atomic E-state index is 14.1. The fraction of sp³-hybridized carbons (Fsp3) is 0.684. The van der Waals surface area contributed by atoms with Crippen molar-refractivity contribution in [2.24, 2.45) is 17.6 Å². The number of nitrogens with one attached hydrogen (secondary N) is 1. The Bertz CT molecular complexity index is 705. The van der Waals surface area contributed by atoms with Crippen LogP contribution < -0.4 is 15.2 Å². The molecule has 0 aromatic heterocycles. The molecule has 148 valence electrons. The Balaban J connectivity index is 2.22. The monoisotopic (exact) mass is 386 g/mol. The highest BCUT2D eigenvalue weighted by Crippen LogP contribution is 2.33. The van der Waals surface area contributed by atoms with E-state index in [0.717, 1.165) is 25.7 Å². The van der Waals surface area contributed by atoms with E-state index in [1.807, 2.05) is 20.8 Å². The van der Waals surface area contributed by atoms with Crippen LogP contribution in [0.1, 0.15) is 58.4 Å². The average molecular weight is 387 g/mol. The van der Waals surface area contributed by atoms with Gasteiger partial charge in [0.1, 0.15) is 5.66 Å². The summed E-state index contributed by atoms with van der Waals surface area (Å²) in [5, 5.41) is 0. The van der Waals surface area contributed by atoms with Crippen LogP contribution in [0, 0.1) is 17.7 Å². The van der Waals surface area contributed by atoms with Crippen molar-refractivity contribution in [3.63, 3.8) is 0 Å². The number of ether oxygens (including phenoxy) is 1. The molecule has 1 unspecified atom stereocenters. The van der Waals surface area contributed by atoms with E-state index in [-0.39, 0.29) is 17.4 Å². The molecule has 1 aliphatic rings. The van der Waals surface area contributed by atoms with Gasteiger partial charge in [-0.25, -0.2) is 12.8 Å². The van der Waals surface area contributed by atoms with Gasteiger partial charge in [0.15, 0.2) is 11.6 Å². The Morgan fingerprint density at radius 1 is 1.35 bits per heavy atom. The van der Waals surface area contributed by atoms with Gasteiger partial charge in [-0.05, 0) is 48.8 Å². The van der Waals surface area contributed by atoms with Crippen LogP contribution in [0.2, 0.25) is 0 Å². The molecule has 1 aromatic rings. The lowest BCUT2D eigenvalue weighted by Gasteiger charge is -2.35. The molecule has 0 saturated heterocycles. The quantitative estimate of drug-likeness (QED) is 0.450. The molecule has 7 heteroatoms. The number of hydrogen-bond acceptors (Lipinski definition) is 4. The summed E-state index contributed by atoms with van der Waals surface area (Å²) in [6, 6.07) is 4.33. The Labute approximate surface area is 156 Å².